The Kier molecular flexibility index (Phi) is 6.18. The molecule has 19 heavy (non-hydrogen) atoms. The van der Waals surface area contributed by atoms with E-state index < -0.39 is 20.0 Å². The van der Waals surface area contributed by atoms with Crippen molar-refractivity contribution in [2.24, 2.45) is 11.7 Å². The number of sulfonamides is 2. The fraction of sp³-hybridized carbons (Fsp3) is 1.00. The first-order valence-electron chi connectivity index (χ1n) is 6.47. The van der Waals surface area contributed by atoms with Crippen LogP contribution in [0.15, 0.2) is 0 Å². The lowest BCUT2D eigenvalue weighted by Gasteiger charge is -2.19. The van der Waals surface area contributed by atoms with E-state index in [2.05, 4.69) is 9.44 Å². The Hall–Kier alpha value is -0.220. The van der Waals surface area contributed by atoms with Crippen LogP contribution in [0, 0.1) is 5.92 Å². The van der Waals surface area contributed by atoms with Crippen LogP contribution < -0.4 is 15.2 Å². The van der Waals surface area contributed by atoms with Gasteiger partial charge in [0.25, 0.3) is 0 Å². The van der Waals surface area contributed by atoms with E-state index in [-0.39, 0.29) is 30.0 Å². The molecule has 1 fully saturated rings. The summed E-state index contributed by atoms with van der Waals surface area (Å²) in [5, 5.41) is 0. The fourth-order valence-corrected chi connectivity index (χ4v) is 4.20. The van der Waals surface area contributed by atoms with Crippen LogP contribution in [0.1, 0.15) is 26.2 Å². The smallest absolute Gasteiger partial charge is 0.213 e. The normalized spacial score (nSPS) is 24.7. The van der Waals surface area contributed by atoms with E-state index in [1.54, 1.807) is 0 Å². The summed E-state index contributed by atoms with van der Waals surface area (Å²) in [5.74, 6) is -0.125. The van der Waals surface area contributed by atoms with E-state index in [0.29, 0.717) is 6.54 Å². The van der Waals surface area contributed by atoms with E-state index in [0.717, 1.165) is 19.3 Å². The van der Waals surface area contributed by atoms with Gasteiger partial charge in [-0.1, -0.05) is 6.42 Å². The molecule has 0 aliphatic heterocycles. The van der Waals surface area contributed by atoms with Crippen LogP contribution in [0.2, 0.25) is 0 Å². The lowest BCUT2D eigenvalue weighted by atomic mass is 10.1. The highest BCUT2D eigenvalue weighted by atomic mass is 32.2. The van der Waals surface area contributed by atoms with Gasteiger partial charge in [-0.2, -0.15) is 0 Å². The maximum absolute atomic E-state index is 11.8. The van der Waals surface area contributed by atoms with Crippen molar-refractivity contribution in [2.75, 3.05) is 24.6 Å². The third-order valence-electron chi connectivity index (χ3n) is 3.37. The van der Waals surface area contributed by atoms with Gasteiger partial charge in [0, 0.05) is 12.6 Å². The van der Waals surface area contributed by atoms with E-state index in [1.807, 2.05) is 0 Å². The molecule has 0 spiro atoms. The predicted molar refractivity (Wildman–Crippen MR) is 74.6 cm³/mol. The summed E-state index contributed by atoms with van der Waals surface area (Å²) in [7, 11) is -6.82. The molecular formula is C10H23N3O4S2. The summed E-state index contributed by atoms with van der Waals surface area (Å²) in [6.07, 6.45) is 2.70. The van der Waals surface area contributed by atoms with Crippen molar-refractivity contribution in [2.45, 2.75) is 32.2 Å². The fourth-order valence-electron chi connectivity index (χ4n) is 2.20. The molecule has 7 nitrogen and oxygen atoms in total. The molecule has 0 bridgehead atoms. The molecule has 1 aliphatic carbocycles. The Morgan fingerprint density at radius 1 is 1.16 bits per heavy atom. The maximum atomic E-state index is 11.8. The molecule has 0 heterocycles. The van der Waals surface area contributed by atoms with Gasteiger partial charge in [-0.25, -0.2) is 26.3 Å². The standard InChI is InChI=1S/C10H23N3O4S2/c1-2-18(14,15)12-6-7-19(16,17)13-10-5-3-4-9(10)8-11/h9-10,12-13H,2-8,11H2,1H3. The van der Waals surface area contributed by atoms with Gasteiger partial charge in [-0.05, 0) is 32.2 Å². The lowest BCUT2D eigenvalue weighted by molar-refractivity contribution is 0.453. The zero-order valence-electron chi connectivity index (χ0n) is 11.1. The maximum Gasteiger partial charge on any atom is 0.213 e. The Morgan fingerprint density at radius 2 is 1.84 bits per heavy atom. The van der Waals surface area contributed by atoms with Crippen molar-refractivity contribution in [1.82, 2.24) is 9.44 Å². The molecule has 114 valence electrons. The molecule has 2 unspecified atom stereocenters. The van der Waals surface area contributed by atoms with Gasteiger partial charge >= 0.3 is 0 Å². The van der Waals surface area contributed by atoms with Crippen molar-refractivity contribution in [3.8, 4) is 0 Å². The minimum Gasteiger partial charge on any atom is -0.330 e. The van der Waals surface area contributed by atoms with Crippen molar-refractivity contribution < 1.29 is 16.8 Å². The summed E-state index contributed by atoms with van der Waals surface area (Å²) >= 11 is 0. The Balaban J connectivity index is 2.44. The van der Waals surface area contributed by atoms with Gasteiger partial charge < -0.3 is 5.73 Å². The molecule has 1 rings (SSSR count). The average molecular weight is 313 g/mol. The van der Waals surface area contributed by atoms with Gasteiger partial charge in [0.1, 0.15) is 0 Å². The SMILES string of the molecule is CCS(=O)(=O)NCCS(=O)(=O)NC1CCCC1CN. The van der Waals surface area contributed by atoms with Gasteiger partial charge in [-0.3, -0.25) is 0 Å². The van der Waals surface area contributed by atoms with Crippen LogP contribution in [-0.2, 0) is 20.0 Å². The first-order valence-corrected chi connectivity index (χ1v) is 9.77. The molecule has 4 N–H and O–H groups in total. The molecule has 9 heteroatoms. The van der Waals surface area contributed by atoms with E-state index in [9.17, 15) is 16.8 Å². The molecular weight excluding hydrogens is 290 g/mol. The molecule has 0 amide bonds. The third-order valence-corrected chi connectivity index (χ3v) is 6.17. The topological polar surface area (TPSA) is 118 Å². The van der Waals surface area contributed by atoms with E-state index in [1.165, 1.54) is 6.92 Å². The van der Waals surface area contributed by atoms with Crippen molar-refractivity contribution in [3.63, 3.8) is 0 Å². The van der Waals surface area contributed by atoms with Crippen LogP contribution >= 0.6 is 0 Å². The van der Waals surface area contributed by atoms with E-state index >= 15 is 0 Å². The van der Waals surface area contributed by atoms with Crippen LogP contribution in [0.4, 0.5) is 0 Å². The highest BCUT2D eigenvalue weighted by Crippen LogP contribution is 2.25. The zero-order valence-corrected chi connectivity index (χ0v) is 12.8. The van der Waals surface area contributed by atoms with E-state index in [4.69, 9.17) is 5.73 Å². The lowest BCUT2D eigenvalue weighted by Crippen LogP contribution is -2.43. The Bertz CT molecular complexity index is 475. The molecule has 0 aromatic rings. The molecule has 0 saturated heterocycles. The summed E-state index contributed by atoms with van der Waals surface area (Å²) in [6.45, 7) is 1.86. The monoisotopic (exact) mass is 313 g/mol. The highest BCUT2D eigenvalue weighted by Gasteiger charge is 2.29. The zero-order chi connectivity index (χ0) is 14.5. The minimum atomic E-state index is -3.47. The second-order valence-electron chi connectivity index (χ2n) is 4.77. The van der Waals surface area contributed by atoms with Crippen molar-refractivity contribution in [3.05, 3.63) is 0 Å². The Labute approximate surface area is 115 Å². The number of hydrogen-bond donors (Lipinski definition) is 3. The first kappa shape index (κ1) is 16.8. The van der Waals surface area contributed by atoms with Gasteiger partial charge in [0.2, 0.25) is 20.0 Å². The van der Waals surface area contributed by atoms with Gasteiger partial charge in [-0.15, -0.1) is 0 Å². The average Bonchev–Trinajstić information content (AvgIpc) is 2.75. The molecule has 0 aromatic carbocycles. The third kappa shape index (κ3) is 5.74. The minimum absolute atomic E-state index is 0.0572. The first-order chi connectivity index (χ1) is 8.79. The number of nitrogens with two attached hydrogens (primary N) is 1. The molecule has 2 atom stereocenters. The molecule has 1 saturated carbocycles. The van der Waals surface area contributed by atoms with Crippen LogP contribution in [0.3, 0.4) is 0 Å². The van der Waals surface area contributed by atoms with Crippen molar-refractivity contribution >= 4 is 20.0 Å². The quantitative estimate of drug-likeness (QED) is 0.529. The number of rotatable bonds is 8. The Morgan fingerprint density at radius 3 is 2.42 bits per heavy atom. The molecule has 0 radical (unpaired) electrons. The van der Waals surface area contributed by atoms with Crippen LogP contribution in [0.5, 0.6) is 0 Å². The molecule has 0 aromatic heterocycles. The second-order valence-corrected chi connectivity index (χ2v) is 8.74. The largest absolute Gasteiger partial charge is 0.330 e. The van der Waals surface area contributed by atoms with Crippen LogP contribution in [-0.4, -0.2) is 47.5 Å². The summed E-state index contributed by atoms with van der Waals surface area (Å²) < 4.78 is 50.9. The summed E-state index contributed by atoms with van der Waals surface area (Å²) in [6, 6.07) is -0.113. The highest BCUT2D eigenvalue weighted by molar-refractivity contribution is 7.90. The molecule has 1 aliphatic rings. The summed E-state index contributed by atoms with van der Waals surface area (Å²) in [4.78, 5) is 0. The number of hydrogen-bond acceptors (Lipinski definition) is 5. The van der Waals surface area contributed by atoms with Crippen LogP contribution in [0.25, 0.3) is 0 Å². The van der Waals surface area contributed by atoms with Gasteiger partial charge in [0.05, 0.1) is 11.5 Å². The number of nitrogens with one attached hydrogen (secondary N) is 2. The van der Waals surface area contributed by atoms with Crippen molar-refractivity contribution in [1.29, 1.82) is 0 Å². The van der Waals surface area contributed by atoms with Gasteiger partial charge in [0.15, 0.2) is 0 Å². The summed E-state index contributed by atoms with van der Waals surface area (Å²) in [5.41, 5.74) is 5.59. The second kappa shape index (κ2) is 6.98. The predicted octanol–water partition coefficient (Wildman–Crippen LogP) is -1.03.